The van der Waals surface area contributed by atoms with Crippen molar-refractivity contribution in [3.05, 3.63) is 113 Å². The minimum atomic E-state index is -0.0268. The zero-order valence-corrected chi connectivity index (χ0v) is 21.2. The average Bonchev–Trinajstić information content (AvgIpc) is 2.98. The van der Waals surface area contributed by atoms with Crippen LogP contribution in [-0.2, 0) is 0 Å². The molecule has 6 N–H and O–H groups in total. The largest absolute Gasteiger partial charge is 0.398 e. The molecular weight excluding hydrogens is 494 g/mol. The highest BCUT2D eigenvalue weighted by molar-refractivity contribution is 6.65. The smallest absolute Gasteiger partial charge is 0.0998 e. The average molecular weight is 516 g/mol. The Labute approximate surface area is 230 Å². The Morgan fingerprint density at radius 2 is 1.40 bits per heavy atom. The number of nitrogen functional groups attached to an aromatic ring is 2. The molecule has 0 aliphatic heterocycles. The van der Waals surface area contributed by atoms with Crippen LogP contribution in [0.1, 0.15) is 27.8 Å². The lowest BCUT2D eigenvalue weighted by atomic mass is 9.81. The zero-order chi connectivity index (χ0) is 28.0. The van der Waals surface area contributed by atoms with Crippen LogP contribution >= 0.6 is 0 Å². The standard InChI is InChI=1S/C33H21N7/c34-16-18-12-26(36)30(27(37)13-18)24-15-25-29(32(39)31(24)38)23-11-10-20(22-9-5-4-8-21(22)17-35)14-28(23)40-33(25)19-6-2-1-3-7-19/h1-15,38-39H,36-37H2. The summed E-state index contributed by atoms with van der Waals surface area (Å²) in [6, 6.07) is 30.1. The Balaban J connectivity index is 1.67. The first-order valence-electron chi connectivity index (χ1n) is 12.4. The van der Waals surface area contributed by atoms with E-state index < -0.39 is 0 Å². The van der Waals surface area contributed by atoms with Crippen molar-refractivity contribution in [2.45, 2.75) is 0 Å². The maximum atomic E-state index is 9.64. The van der Waals surface area contributed by atoms with Gasteiger partial charge >= 0.3 is 0 Å². The van der Waals surface area contributed by atoms with Gasteiger partial charge in [-0.2, -0.15) is 10.5 Å². The van der Waals surface area contributed by atoms with Gasteiger partial charge in [0.15, 0.2) is 0 Å². The highest BCUT2D eigenvalue weighted by Gasteiger charge is 2.29. The third kappa shape index (κ3) is 3.78. The molecule has 40 heavy (non-hydrogen) atoms. The Morgan fingerprint density at radius 3 is 2.10 bits per heavy atom. The number of fused-ring (bicyclic) bond motifs is 3. The summed E-state index contributed by atoms with van der Waals surface area (Å²) in [6.45, 7) is 0. The number of nitrogens with one attached hydrogen (secondary N) is 2. The maximum absolute atomic E-state index is 9.64. The molecule has 7 heteroatoms. The lowest BCUT2D eigenvalue weighted by Gasteiger charge is -2.24. The second-order valence-corrected chi connectivity index (χ2v) is 9.45. The normalized spacial score (nSPS) is 12.4. The van der Waals surface area contributed by atoms with Crippen molar-refractivity contribution in [1.82, 2.24) is 4.98 Å². The summed E-state index contributed by atoms with van der Waals surface area (Å²) in [5.74, 6) is 0. The van der Waals surface area contributed by atoms with Crippen molar-refractivity contribution >= 4 is 45.4 Å². The summed E-state index contributed by atoms with van der Waals surface area (Å²) in [6.07, 6.45) is 1.82. The lowest BCUT2D eigenvalue weighted by molar-refractivity contribution is 1.36. The number of allylic oxidation sites excluding steroid dienone is 1. The monoisotopic (exact) mass is 515 g/mol. The molecule has 0 atom stereocenters. The Morgan fingerprint density at radius 1 is 0.700 bits per heavy atom. The first-order chi connectivity index (χ1) is 19.4. The van der Waals surface area contributed by atoms with Gasteiger partial charge in [0, 0.05) is 44.6 Å². The molecule has 1 aromatic heterocycles. The molecule has 0 bridgehead atoms. The molecule has 0 amide bonds. The third-order valence-electron chi connectivity index (χ3n) is 7.09. The van der Waals surface area contributed by atoms with E-state index in [4.69, 9.17) is 27.3 Å². The van der Waals surface area contributed by atoms with Crippen LogP contribution in [0.2, 0.25) is 0 Å². The van der Waals surface area contributed by atoms with E-state index in [1.54, 1.807) is 6.07 Å². The molecule has 1 heterocycles. The van der Waals surface area contributed by atoms with Gasteiger partial charge in [0.25, 0.3) is 0 Å². The number of nitriles is 2. The molecule has 0 fully saturated rings. The van der Waals surface area contributed by atoms with Gasteiger partial charge in [-0.15, -0.1) is 0 Å². The summed E-state index contributed by atoms with van der Waals surface area (Å²) in [4.78, 5) is 5.06. The van der Waals surface area contributed by atoms with Gasteiger partial charge in [-0.3, -0.25) is 10.8 Å². The SMILES string of the molecule is N#Cc1cc(N)c(C2=Cc3c(-c4ccccc4)nc4cc(-c5ccccc5C#N)ccc4c3C(=N)C2=N)c(N)c1. The first-order valence-corrected chi connectivity index (χ1v) is 12.4. The summed E-state index contributed by atoms with van der Waals surface area (Å²) in [5, 5.41) is 37.8. The van der Waals surface area contributed by atoms with E-state index in [0.717, 1.165) is 22.1 Å². The van der Waals surface area contributed by atoms with Gasteiger partial charge in [0.05, 0.1) is 45.9 Å². The minimum Gasteiger partial charge on any atom is -0.398 e. The van der Waals surface area contributed by atoms with Gasteiger partial charge in [0.2, 0.25) is 0 Å². The number of anilines is 2. The number of nitrogens with two attached hydrogens (primary N) is 2. The summed E-state index contributed by atoms with van der Waals surface area (Å²) in [5.41, 5.74) is 19.9. The van der Waals surface area contributed by atoms with Crippen molar-refractivity contribution in [3.8, 4) is 34.5 Å². The van der Waals surface area contributed by atoms with E-state index in [1.807, 2.05) is 78.9 Å². The molecule has 0 radical (unpaired) electrons. The van der Waals surface area contributed by atoms with Crippen LogP contribution in [0.4, 0.5) is 11.4 Å². The van der Waals surface area contributed by atoms with Crippen LogP contribution in [0, 0.1) is 33.5 Å². The van der Waals surface area contributed by atoms with Crippen LogP contribution in [-0.4, -0.2) is 16.4 Å². The highest BCUT2D eigenvalue weighted by atomic mass is 14.7. The zero-order valence-electron chi connectivity index (χ0n) is 21.2. The maximum Gasteiger partial charge on any atom is 0.0998 e. The number of benzene rings is 4. The fourth-order valence-corrected chi connectivity index (χ4v) is 5.24. The quantitative estimate of drug-likeness (QED) is 0.204. The number of pyridine rings is 1. The number of nitrogens with zero attached hydrogens (tertiary/aromatic N) is 3. The molecule has 0 spiro atoms. The van der Waals surface area contributed by atoms with Crippen molar-refractivity contribution in [2.75, 3.05) is 11.5 Å². The van der Waals surface area contributed by atoms with Gasteiger partial charge in [-0.1, -0.05) is 60.7 Å². The van der Waals surface area contributed by atoms with Gasteiger partial charge < -0.3 is 11.5 Å². The summed E-state index contributed by atoms with van der Waals surface area (Å²) >= 11 is 0. The first kappa shape index (κ1) is 24.3. The van der Waals surface area contributed by atoms with Crippen molar-refractivity contribution in [3.63, 3.8) is 0 Å². The molecule has 0 unspecified atom stereocenters. The van der Waals surface area contributed by atoms with Crippen molar-refractivity contribution in [2.24, 2.45) is 0 Å². The van der Waals surface area contributed by atoms with Gasteiger partial charge in [-0.05, 0) is 41.5 Å². The van der Waals surface area contributed by atoms with Gasteiger partial charge in [0.1, 0.15) is 0 Å². The predicted octanol–water partition coefficient (Wildman–Crippen LogP) is 6.42. The van der Waals surface area contributed by atoms with Crippen LogP contribution in [0.25, 0.3) is 44.9 Å². The van der Waals surface area contributed by atoms with E-state index in [9.17, 15) is 10.5 Å². The molecule has 7 nitrogen and oxygen atoms in total. The van der Waals surface area contributed by atoms with Crippen LogP contribution in [0.3, 0.4) is 0 Å². The Kier molecular flexibility index (Phi) is 5.68. The molecule has 1 aliphatic carbocycles. The van der Waals surface area contributed by atoms with Crippen LogP contribution < -0.4 is 11.5 Å². The lowest BCUT2D eigenvalue weighted by Crippen LogP contribution is -2.22. The number of rotatable bonds is 3. The molecule has 0 saturated heterocycles. The number of hydrogen-bond donors (Lipinski definition) is 4. The topological polar surface area (TPSA) is 160 Å². The molecule has 5 aromatic rings. The summed E-state index contributed by atoms with van der Waals surface area (Å²) < 4.78 is 0. The van der Waals surface area contributed by atoms with Gasteiger partial charge in [-0.25, -0.2) is 4.98 Å². The predicted molar refractivity (Wildman–Crippen MR) is 160 cm³/mol. The Hall–Kier alpha value is -6.05. The molecule has 1 aliphatic rings. The molecule has 0 saturated carbocycles. The van der Waals surface area contributed by atoms with Crippen molar-refractivity contribution < 1.29 is 0 Å². The Bertz CT molecular complexity index is 2000. The molecular formula is C33H21N7. The fourth-order valence-electron chi connectivity index (χ4n) is 5.24. The van der Waals surface area contributed by atoms with E-state index in [-0.39, 0.29) is 22.8 Å². The van der Waals surface area contributed by atoms with E-state index >= 15 is 0 Å². The second-order valence-electron chi connectivity index (χ2n) is 9.45. The van der Waals surface area contributed by atoms with E-state index in [1.165, 1.54) is 12.1 Å². The molecule has 188 valence electrons. The van der Waals surface area contributed by atoms with E-state index in [2.05, 4.69) is 6.07 Å². The fraction of sp³-hybridized carbons (Fsp3) is 0. The molecule has 6 rings (SSSR count). The summed E-state index contributed by atoms with van der Waals surface area (Å²) in [7, 11) is 0. The highest BCUT2D eigenvalue weighted by Crippen LogP contribution is 2.41. The second kappa shape index (κ2) is 9.36. The van der Waals surface area contributed by atoms with Crippen LogP contribution in [0.15, 0.2) is 84.9 Å². The van der Waals surface area contributed by atoms with E-state index in [0.29, 0.717) is 44.6 Å². The minimum absolute atomic E-state index is 0.0189. The number of hydrogen-bond acceptors (Lipinski definition) is 7. The number of aromatic nitrogens is 1. The molecule has 4 aromatic carbocycles. The third-order valence-corrected chi connectivity index (χ3v) is 7.09. The van der Waals surface area contributed by atoms with Crippen molar-refractivity contribution in [1.29, 1.82) is 21.3 Å². The van der Waals surface area contributed by atoms with Crippen LogP contribution in [0.5, 0.6) is 0 Å².